The number of hydrogen-bond donors (Lipinski definition) is 1. The Labute approximate surface area is 152 Å². The van der Waals surface area contributed by atoms with Crippen molar-refractivity contribution in [3.8, 4) is 5.75 Å². The van der Waals surface area contributed by atoms with Gasteiger partial charge in [0.25, 0.3) is 0 Å². The number of pyridine rings is 1. The van der Waals surface area contributed by atoms with Crippen molar-refractivity contribution in [1.82, 2.24) is 14.5 Å². The van der Waals surface area contributed by atoms with Gasteiger partial charge >= 0.3 is 0 Å². The van der Waals surface area contributed by atoms with Gasteiger partial charge in [0.1, 0.15) is 23.7 Å². The number of nitrogen functional groups attached to an aromatic ring is 1. The van der Waals surface area contributed by atoms with Gasteiger partial charge in [-0.25, -0.2) is 9.97 Å². The molecule has 0 fully saturated rings. The van der Waals surface area contributed by atoms with Crippen LogP contribution in [-0.4, -0.2) is 14.5 Å². The van der Waals surface area contributed by atoms with Crippen LogP contribution in [0.5, 0.6) is 5.75 Å². The average Bonchev–Trinajstić information content (AvgIpc) is 3.05. The highest BCUT2D eigenvalue weighted by molar-refractivity contribution is 6.06. The van der Waals surface area contributed by atoms with Gasteiger partial charge in [0.05, 0.1) is 11.0 Å². The molecule has 5 nitrogen and oxygen atoms in total. The maximum atomic E-state index is 6.21. The van der Waals surface area contributed by atoms with Crippen molar-refractivity contribution in [2.24, 2.45) is 0 Å². The van der Waals surface area contributed by atoms with Gasteiger partial charge in [0.2, 0.25) is 0 Å². The summed E-state index contributed by atoms with van der Waals surface area (Å²) in [6, 6.07) is 17.9. The number of rotatable bonds is 6. The summed E-state index contributed by atoms with van der Waals surface area (Å²) in [6.07, 6.45) is 2.18. The number of imidazole rings is 1. The summed E-state index contributed by atoms with van der Waals surface area (Å²) in [4.78, 5) is 9.30. The van der Waals surface area contributed by atoms with Crippen molar-refractivity contribution in [3.05, 3.63) is 60.4 Å². The van der Waals surface area contributed by atoms with Gasteiger partial charge < -0.3 is 15.0 Å². The lowest BCUT2D eigenvalue weighted by Crippen LogP contribution is -2.07. The number of hydrogen-bond acceptors (Lipinski definition) is 4. The Morgan fingerprint density at radius 1 is 1.00 bits per heavy atom. The molecule has 4 rings (SSSR count). The van der Waals surface area contributed by atoms with Gasteiger partial charge in [-0.2, -0.15) is 0 Å². The second-order valence-corrected chi connectivity index (χ2v) is 6.35. The van der Waals surface area contributed by atoms with E-state index in [0.717, 1.165) is 52.9 Å². The van der Waals surface area contributed by atoms with Crippen LogP contribution in [-0.2, 0) is 13.2 Å². The molecule has 0 amide bonds. The highest BCUT2D eigenvalue weighted by Crippen LogP contribution is 2.29. The standard InChI is InChI=1S/C21H22N4O/c1-2-3-13-25-18(14-26-15-9-5-4-6-10-15)24-19-20(25)16-11-7-8-12-17(16)23-21(19)22/h4-12H,2-3,13-14H2,1H3,(H2,22,23). The van der Waals surface area contributed by atoms with E-state index in [2.05, 4.69) is 22.5 Å². The summed E-state index contributed by atoms with van der Waals surface area (Å²) in [5.41, 5.74) is 8.91. The van der Waals surface area contributed by atoms with Gasteiger partial charge in [0.15, 0.2) is 5.82 Å². The molecule has 2 aromatic heterocycles. The monoisotopic (exact) mass is 346 g/mol. The van der Waals surface area contributed by atoms with Crippen molar-refractivity contribution < 1.29 is 4.74 Å². The number of nitrogens with zero attached hydrogens (tertiary/aromatic N) is 3. The summed E-state index contributed by atoms with van der Waals surface area (Å²) >= 11 is 0. The Bertz CT molecular complexity index is 1040. The number of benzene rings is 2. The Hall–Kier alpha value is -3.08. The first kappa shape index (κ1) is 16.4. The Kier molecular flexibility index (Phi) is 4.44. The van der Waals surface area contributed by atoms with Gasteiger partial charge in [-0.1, -0.05) is 49.7 Å². The lowest BCUT2D eigenvalue weighted by Gasteiger charge is -2.11. The molecule has 0 radical (unpaired) electrons. The summed E-state index contributed by atoms with van der Waals surface area (Å²) in [5, 5.41) is 1.08. The first-order valence-electron chi connectivity index (χ1n) is 8.99. The van der Waals surface area contributed by atoms with Crippen LogP contribution in [0.1, 0.15) is 25.6 Å². The van der Waals surface area contributed by atoms with Gasteiger partial charge in [-0.3, -0.25) is 0 Å². The van der Waals surface area contributed by atoms with E-state index < -0.39 is 0 Å². The number of unbranched alkanes of at least 4 members (excludes halogenated alkanes) is 1. The third-order valence-corrected chi connectivity index (χ3v) is 4.54. The molecular weight excluding hydrogens is 324 g/mol. The smallest absolute Gasteiger partial charge is 0.152 e. The molecule has 2 aromatic carbocycles. The quantitative estimate of drug-likeness (QED) is 0.556. The molecule has 132 valence electrons. The topological polar surface area (TPSA) is 66.0 Å². The van der Waals surface area contributed by atoms with E-state index in [-0.39, 0.29) is 0 Å². The Morgan fingerprint density at radius 3 is 2.58 bits per heavy atom. The Balaban J connectivity index is 1.83. The van der Waals surface area contributed by atoms with Crippen LogP contribution < -0.4 is 10.5 Å². The fourth-order valence-electron chi connectivity index (χ4n) is 3.24. The number of anilines is 1. The maximum absolute atomic E-state index is 6.21. The van der Waals surface area contributed by atoms with Crippen LogP contribution >= 0.6 is 0 Å². The molecule has 0 unspecified atom stereocenters. The molecule has 0 aliphatic rings. The zero-order valence-corrected chi connectivity index (χ0v) is 14.9. The van der Waals surface area contributed by atoms with E-state index in [0.29, 0.717) is 12.4 Å². The fraction of sp³-hybridized carbons (Fsp3) is 0.238. The van der Waals surface area contributed by atoms with Crippen molar-refractivity contribution in [2.45, 2.75) is 32.9 Å². The molecule has 2 N–H and O–H groups in total. The molecule has 4 aromatic rings. The van der Waals surface area contributed by atoms with Crippen molar-refractivity contribution in [2.75, 3.05) is 5.73 Å². The minimum atomic E-state index is 0.399. The zero-order chi connectivity index (χ0) is 17.9. The average molecular weight is 346 g/mol. The molecule has 0 atom stereocenters. The van der Waals surface area contributed by atoms with E-state index in [9.17, 15) is 0 Å². The number of ether oxygens (including phenoxy) is 1. The molecule has 0 aliphatic heterocycles. The molecule has 5 heteroatoms. The van der Waals surface area contributed by atoms with E-state index >= 15 is 0 Å². The lowest BCUT2D eigenvalue weighted by atomic mass is 10.2. The number of aryl methyl sites for hydroxylation is 1. The summed E-state index contributed by atoms with van der Waals surface area (Å²) in [5.74, 6) is 2.18. The highest BCUT2D eigenvalue weighted by atomic mass is 16.5. The van der Waals surface area contributed by atoms with Gasteiger partial charge in [-0.05, 0) is 24.6 Å². The molecule has 0 saturated heterocycles. The van der Waals surface area contributed by atoms with Crippen LogP contribution in [0.2, 0.25) is 0 Å². The van der Waals surface area contributed by atoms with E-state index in [1.807, 2.05) is 48.5 Å². The fourth-order valence-corrected chi connectivity index (χ4v) is 3.24. The van der Waals surface area contributed by atoms with E-state index in [1.54, 1.807) is 0 Å². The second kappa shape index (κ2) is 7.04. The maximum Gasteiger partial charge on any atom is 0.152 e. The zero-order valence-electron chi connectivity index (χ0n) is 14.9. The van der Waals surface area contributed by atoms with Crippen LogP contribution in [0.3, 0.4) is 0 Å². The molecular formula is C21H22N4O. The third-order valence-electron chi connectivity index (χ3n) is 4.54. The summed E-state index contributed by atoms with van der Waals surface area (Å²) in [6.45, 7) is 3.47. The SMILES string of the molecule is CCCCn1c(COc2ccccc2)nc2c(N)nc3ccccc3c21. The summed E-state index contributed by atoms with van der Waals surface area (Å²) in [7, 11) is 0. The molecule has 0 spiro atoms. The minimum Gasteiger partial charge on any atom is -0.486 e. The van der Waals surface area contributed by atoms with Crippen molar-refractivity contribution in [1.29, 1.82) is 0 Å². The first-order valence-corrected chi connectivity index (χ1v) is 8.99. The molecule has 0 saturated carbocycles. The van der Waals surface area contributed by atoms with E-state index in [4.69, 9.17) is 15.5 Å². The van der Waals surface area contributed by atoms with Crippen LogP contribution in [0.4, 0.5) is 5.82 Å². The molecule has 26 heavy (non-hydrogen) atoms. The predicted octanol–water partition coefficient (Wildman–Crippen LogP) is 4.55. The summed E-state index contributed by atoms with van der Waals surface area (Å²) < 4.78 is 8.19. The normalized spacial score (nSPS) is 11.3. The van der Waals surface area contributed by atoms with Crippen molar-refractivity contribution in [3.63, 3.8) is 0 Å². The predicted molar refractivity (Wildman–Crippen MR) is 105 cm³/mol. The molecule has 0 aliphatic carbocycles. The Morgan fingerprint density at radius 2 is 1.77 bits per heavy atom. The highest BCUT2D eigenvalue weighted by Gasteiger charge is 2.17. The third kappa shape index (κ3) is 2.96. The van der Waals surface area contributed by atoms with Crippen LogP contribution in [0, 0.1) is 0 Å². The first-order chi connectivity index (χ1) is 12.8. The van der Waals surface area contributed by atoms with Crippen LogP contribution in [0.25, 0.3) is 21.9 Å². The van der Waals surface area contributed by atoms with Gasteiger partial charge in [-0.15, -0.1) is 0 Å². The number of para-hydroxylation sites is 2. The van der Waals surface area contributed by atoms with Crippen LogP contribution in [0.15, 0.2) is 54.6 Å². The minimum absolute atomic E-state index is 0.399. The molecule has 0 bridgehead atoms. The van der Waals surface area contributed by atoms with E-state index in [1.165, 1.54) is 0 Å². The van der Waals surface area contributed by atoms with Gasteiger partial charge in [0, 0.05) is 11.9 Å². The second-order valence-electron chi connectivity index (χ2n) is 6.35. The lowest BCUT2D eigenvalue weighted by molar-refractivity contribution is 0.289. The number of fused-ring (bicyclic) bond motifs is 3. The molecule has 2 heterocycles. The largest absolute Gasteiger partial charge is 0.486 e. The van der Waals surface area contributed by atoms with Crippen molar-refractivity contribution >= 4 is 27.8 Å². The number of aromatic nitrogens is 3. The number of nitrogens with two attached hydrogens (primary N) is 1.